The second-order valence-electron chi connectivity index (χ2n) is 5.31. The largest absolute Gasteiger partial charge is 0.303 e. The van der Waals surface area contributed by atoms with Crippen molar-refractivity contribution in [3.63, 3.8) is 0 Å². The van der Waals surface area contributed by atoms with Gasteiger partial charge in [0, 0.05) is 38.1 Å². The molecule has 0 saturated carbocycles. The van der Waals surface area contributed by atoms with Gasteiger partial charge in [-0.25, -0.2) is 0 Å². The molecule has 0 radical (unpaired) electrons. The first-order valence-corrected chi connectivity index (χ1v) is 5.95. The zero-order valence-corrected chi connectivity index (χ0v) is 10.3. The molecule has 0 aromatic rings. The Labute approximate surface area is 93.4 Å². The SMILES string of the molecule is CC(C)(C)N1CCN(CCCC=O)CC1. The lowest BCUT2D eigenvalue weighted by Crippen LogP contribution is -2.53. The monoisotopic (exact) mass is 212 g/mol. The second kappa shape index (κ2) is 5.61. The van der Waals surface area contributed by atoms with Crippen molar-refractivity contribution >= 4 is 6.29 Å². The fourth-order valence-corrected chi connectivity index (χ4v) is 2.04. The number of piperazine rings is 1. The van der Waals surface area contributed by atoms with Gasteiger partial charge in [0.25, 0.3) is 0 Å². The van der Waals surface area contributed by atoms with Crippen molar-refractivity contribution in [2.75, 3.05) is 32.7 Å². The molecule has 1 aliphatic heterocycles. The molecule has 0 aromatic carbocycles. The molecule has 0 atom stereocenters. The lowest BCUT2D eigenvalue weighted by atomic mass is 10.0. The lowest BCUT2D eigenvalue weighted by Gasteiger charge is -2.42. The Hall–Kier alpha value is -0.410. The molecule has 1 saturated heterocycles. The molecule has 1 heterocycles. The van der Waals surface area contributed by atoms with Crippen LogP contribution in [0.1, 0.15) is 33.6 Å². The summed E-state index contributed by atoms with van der Waals surface area (Å²) in [6.07, 6.45) is 2.74. The van der Waals surface area contributed by atoms with Crippen LogP contribution < -0.4 is 0 Å². The van der Waals surface area contributed by atoms with Gasteiger partial charge in [-0.05, 0) is 33.7 Å². The Kier molecular flexibility index (Phi) is 4.74. The van der Waals surface area contributed by atoms with Crippen molar-refractivity contribution in [3.05, 3.63) is 0 Å². The zero-order valence-electron chi connectivity index (χ0n) is 10.3. The second-order valence-corrected chi connectivity index (χ2v) is 5.31. The molecule has 0 unspecified atom stereocenters. The summed E-state index contributed by atoms with van der Waals surface area (Å²) >= 11 is 0. The number of unbranched alkanes of at least 4 members (excludes halogenated alkanes) is 1. The van der Waals surface area contributed by atoms with E-state index in [1.807, 2.05) is 0 Å². The number of nitrogens with zero attached hydrogens (tertiary/aromatic N) is 2. The molecule has 0 N–H and O–H groups in total. The van der Waals surface area contributed by atoms with Crippen molar-refractivity contribution in [1.29, 1.82) is 0 Å². The Balaban J connectivity index is 2.21. The maximum absolute atomic E-state index is 10.2. The van der Waals surface area contributed by atoms with Crippen molar-refractivity contribution in [3.8, 4) is 0 Å². The van der Waals surface area contributed by atoms with E-state index in [9.17, 15) is 4.79 Å². The average Bonchev–Trinajstić information content (AvgIpc) is 2.18. The van der Waals surface area contributed by atoms with Crippen LogP contribution in [0.15, 0.2) is 0 Å². The van der Waals surface area contributed by atoms with Gasteiger partial charge in [0.15, 0.2) is 0 Å². The number of aldehydes is 1. The summed E-state index contributed by atoms with van der Waals surface area (Å²) in [4.78, 5) is 15.2. The van der Waals surface area contributed by atoms with E-state index in [1.165, 1.54) is 0 Å². The number of carbonyl (C=O) groups excluding carboxylic acids is 1. The molecule has 0 spiro atoms. The van der Waals surface area contributed by atoms with Gasteiger partial charge in [0.2, 0.25) is 0 Å². The van der Waals surface area contributed by atoms with Crippen LogP contribution in [0.25, 0.3) is 0 Å². The molecule has 1 rings (SSSR count). The van der Waals surface area contributed by atoms with Gasteiger partial charge in [0.1, 0.15) is 6.29 Å². The number of rotatable bonds is 4. The summed E-state index contributed by atoms with van der Waals surface area (Å²) in [5.41, 5.74) is 0.300. The fraction of sp³-hybridized carbons (Fsp3) is 0.917. The predicted octanol–water partition coefficient (Wildman–Crippen LogP) is 1.38. The quantitative estimate of drug-likeness (QED) is 0.519. The van der Waals surface area contributed by atoms with Gasteiger partial charge in [-0.2, -0.15) is 0 Å². The van der Waals surface area contributed by atoms with Crippen LogP contribution in [-0.2, 0) is 4.79 Å². The number of hydrogen-bond acceptors (Lipinski definition) is 3. The van der Waals surface area contributed by atoms with Crippen LogP contribution in [0.3, 0.4) is 0 Å². The zero-order chi connectivity index (χ0) is 11.3. The third-order valence-corrected chi connectivity index (χ3v) is 3.12. The topological polar surface area (TPSA) is 23.6 Å². The highest BCUT2D eigenvalue weighted by Gasteiger charge is 2.25. The van der Waals surface area contributed by atoms with Crippen molar-refractivity contribution < 1.29 is 4.79 Å². The highest BCUT2D eigenvalue weighted by atomic mass is 16.1. The number of carbonyl (C=O) groups is 1. The van der Waals surface area contributed by atoms with Crippen molar-refractivity contribution in [2.24, 2.45) is 0 Å². The molecule has 0 amide bonds. The first-order valence-electron chi connectivity index (χ1n) is 5.95. The summed E-state index contributed by atoms with van der Waals surface area (Å²) in [5, 5.41) is 0. The van der Waals surface area contributed by atoms with E-state index in [1.54, 1.807) is 0 Å². The maximum atomic E-state index is 10.2. The average molecular weight is 212 g/mol. The summed E-state index contributed by atoms with van der Waals surface area (Å²) in [7, 11) is 0. The summed E-state index contributed by atoms with van der Waals surface area (Å²) in [6.45, 7) is 12.5. The number of hydrogen-bond donors (Lipinski definition) is 0. The molecule has 0 aromatic heterocycles. The predicted molar refractivity (Wildman–Crippen MR) is 63.1 cm³/mol. The van der Waals surface area contributed by atoms with E-state index in [2.05, 4.69) is 30.6 Å². The van der Waals surface area contributed by atoms with Crippen LogP contribution >= 0.6 is 0 Å². The third kappa shape index (κ3) is 4.31. The first kappa shape index (κ1) is 12.7. The molecule has 0 aliphatic carbocycles. The van der Waals surface area contributed by atoms with E-state index >= 15 is 0 Å². The van der Waals surface area contributed by atoms with E-state index in [-0.39, 0.29) is 0 Å². The minimum atomic E-state index is 0.300. The van der Waals surface area contributed by atoms with Crippen molar-refractivity contribution in [1.82, 2.24) is 9.80 Å². The van der Waals surface area contributed by atoms with Crippen LogP contribution in [0.5, 0.6) is 0 Å². The summed E-state index contributed by atoms with van der Waals surface area (Å²) in [6, 6.07) is 0. The molecule has 88 valence electrons. The van der Waals surface area contributed by atoms with E-state index < -0.39 is 0 Å². The maximum Gasteiger partial charge on any atom is 0.120 e. The Morgan fingerprint density at radius 2 is 1.73 bits per heavy atom. The van der Waals surface area contributed by atoms with Crippen LogP contribution in [-0.4, -0.2) is 54.3 Å². The smallest absolute Gasteiger partial charge is 0.120 e. The van der Waals surface area contributed by atoms with E-state index in [4.69, 9.17) is 0 Å². The molecule has 3 heteroatoms. The highest BCUT2D eigenvalue weighted by Crippen LogP contribution is 2.15. The van der Waals surface area contributed by atoms with Crippen molar-refractivity contribution in [2.45, 2.75) is 39.2 Å². The van der Waals surface area contributed by atoms with Gasteiger partial charge >= 0.3 is 0 Å². The van der Waals surface area contributed by atoms with E-state index in [0.29, 0.717) is 12.0 Å². The fourth-order valence-electron chi connectivity index (χ4n) is 2.04. The molecular weight excluding hydrogens is 188 g/mol. The van der Waals surface area contributed by atoms with Crippen LogP contribution in [0.4, 0.5) is 0 Å². The standard InChI is InChI=1S/C12H24N2O/c1-12(2,3)14-9-7-13(8-10-14)6-4-5-11-15/h11H,4-10H2,1-3H3. The minimum absolute atomic E-state index is 0.300. The Bertz CT molecular complexity index is 190. The van der Waals surface area contributed by atoms with Gasteiger partial charge in [-0.15, -0.1) is 0 Å². The Morgan fingerprint density at radius 3 is 2.20 bits per heavy atom. The van der Waals surface area contributed by atoms with Gasteiger partial charge < -0.3 is 9.69 Å². The molecule has 1 aliphatic rings. The summed E-state index contributed by atoms with van der Waals surface area (Å²) < 4.78 is 0. The van der Waals surface area contributed by atoms with E-state index in [0.717, 1.165) is 45.4 Å². The summed E-state index contributed by atoms with van der Waals surface area (Å²) in [5.74, 6) is 0. The van der Waals surface area contributed by atoms with Gasteiger partial charge in [-0.3, -0.25) is 4.90 Å². The lowest BCUT2D eigenvalue weighted by molar-refractivity contribution is -0.108. The molecule has 1 fully saturated rings. The van der Waals surface area contributed by atoms with Gasteiger partial charge in [0.05, 0.1) is 0 Å². The molecule has 15 heavy (non-hydrogen) atoms. The molecular formula is C12H24N2O. The molecule has 3 nitrogen and oxygen atoms in total. The van der Waals surface area contributed by atoms with Crippen LogP contribution in [0.2, 0.25) is 0 Å². The third-order valence-electron chi connectivity index (χ3n) is 3.12. The molecule has 0 bridgehead atoms. The Morgan fingerprint density at radius 1 is 1.13 bits per heavy atom. The highest BCUT2D eigenvalue weighted by molar-refractivity contribution is 5.48. The van der Waals surface area contributed by atoms with Crippen LogP contribution in [0, 0.1) is 0 Å². The normalized spacial score (nSPS) is 20.5. The minimum Gasteiger partial charge on any atom is -0.303 e. The van der Waals surface area contributed by atoms with Gasteiger partial charge in [-0.1, -0.05) is 0 Å². The first-order chi connectivity index (χ1) is 7.04.